The molecule has 1 rings (SSSR count). The molecule has 0 saturated carbocycles. The predicted octanol–water partition coefficient (Wildman–Crippen LogP) is 1.00. The first-order valence-corrected chi connectivity index (χ1v) is 3.55. The third kappa shape index (κ3) is 2.62. The summed E-state index contributed by atoms with van der Waals surface area (Å²) in [5, 5.41) is 0. The van der Waals surface area contributed by atoms with Gasteiger partial charge < -0.3 is 16.2 Å². The third-order valence-electron chi connectivity index (χ3n) is 1.45. The lowest BCUT2D eigenvalue weighted by molar-refractivity contribution is 0.150. The summed E-state index contributed by atoms with van der Waals surface area (Å²) in [5.74, 6) is -0.537. The van der Waals surface area contributed by atoms with Crippen LogP contribution >= 0.6 is 0 Å². The lowest BCUT2D eigenvalue weighted by atomic mass is 10.2. The molecule has 1 amide bonds. The molecule has 0 spiro atoms. The first kappa shape index (κ1) is 9.31. The lowest BCUT2D eigenvalue weighted by Gasteiger charge is -2.02. The topological polar surface area (TPSA) is 78.3 Å². The molecular weight excluding hydrogens is 175 g/mol. The van der Waals surface area contributed by atoms with Gasteiger partial charge in [0.25, 0.3) is 0 Å². The normalized spacial score (nSPS) is 9.62. The van der Waals surface area contributed by atoms with Crippen molar-refractivity contribution in [3.05, 3.63) is 29.6 Å². The van der Waals surface area contributed by atoms with Crippen molar-refractivity contribution in [3.8, 4) is 0 Å². The molecule has 4 nitrogen and oxygen atoms in total. The molecule has 0 radical (unpaired) electrons. The Morgan fingerprint density at radius 2 is 2.23 bits per heavy atom. The fourth-order valence-corrected chi connectivity index (χ4v) is 0.815. The molecule has 0 aromatic heterocycles. The van der Waals surface area contributed by atoms with Crippen LogP contribution in [0.1, 0.15) is 5.56 Å². The van der Waals surface area contributed by atoms with Crippen LogP contribution in [-0.4, -0.2) is 6.09 Å². The number of nitrogens with two attached hydrogens (primary N) is 2. The summed E-state index contributed by atoms with van der Waals surface area (Å²) < 4.78 is 17.3. The van der Waals surface area contributed by atoms with Crippen LogP contribution in [0.2, 0.25) is 0 Å². The van der Waals surface area contributed by atoms with Gasteiger partial charge in [-0.05, 0) is 17.7 Å². The molecule has 70 valence electrons. The van der Waals surface area contributed by atoms with Crippen LogP contribution in [0, 0.1) is 5.82 Å². The molecule has 0 aliphatic rings. The van der Waals surface area contributed by atoms with E-state index in [4.69, 9.17) is 11.5 Å². The van der Waals surface area contributed by atoms with Gasteiger partial charge in [0.05, 0.1) is 5.69 Å². The largest absolute Gasteiger partial charge is 0.445 e. The fraction of sp³-hybridized carbons (Fsp3) is 0.125. The molecule has 0 aliphatic heterocycles. The Labute approximate surface area is 74.3 Å². The van der Waals surface area contributed by atoms with Crippen LogP contribution in [0.3, 0.4) is 0 Å². The number of amides is 1. The van der Waals surface area contributed by atoms with E-state index in [0.29, 0.717) is 5.56 Å². The maximum absolute atomic E-state index is 12.8. The highest BCUT2D eigenvalue weighted by atomic mass is 19.1. The Hall–Kier alpha value is -1.78. The Morgan fingerprint density at radius 3 is 2.77 bits per heavy atom. The monoisotopic (exact) mass is 184 g/mol. The van der Waals surface area contributed by atoms with E-state index in [-0.39, 0.29) is 12.3 Å². The number of benzene rings is 1. The summed E-state index contributed by atoms with van der Waals surface area (Å²) in [4.78, 5) is 10.2. The van der Waals surface area contributed by atoms with Gasteiger partial charge in [0.1, 0.15) is 12.4 Å². The fourth-order valence-electron chi connectivity index (χ4n) is 0.815. The van der Waals surface area contributed by atoms with Gasteiger partial charge in [-0.2, -0.15) is 0 Å². The minimum absolute atomic E-state index is 0.0491. The smallest absolute Gasteiger partial charge is 0.404 e. The summed E-state index contributed by atoms with van der Waals surface area (Å²) in [5.41, 5.74) is 10.5. The molecule has 0 aliphatic carbocycles. The van der Waals surface area contributed by atoms with Crippen molar-refractivity contribution >= 4 is 11.8 Å². The second-order valence-electron chi connectivity index (χ2n) is 2.46. The number of hydrogen-bond acceptors (Lipinski definition) is 3. The van der Waals surface area contributed by atoms with E-state index in [2.05, 4.69) is 4.74 Å². The average molecular weight is 184 g/mol. The SMILES string of the molecule is NC(=O)OCc1ccc(N)c(F)c1. The van der Waals surface area contributed by atoms with Gasteiger partial charge in [0, 0.05) is 0 Å². The van der Waals surface area contributed by atoms with Gasteiger partial charge in [-0.3, -0.25) is 0 Å². The second-order valence-corrected chi connectivity index (χ2v) is 2.46. The van der Waals surface area contributed by atoms with Crippen molar-refractivity contribution in [2.24, 2.45) is 5.73 Å². The molecule has 13 heavy (non-hydrogen) atoms. The van der Waals surface area contributed by atoms with Crippen LogP contribution in [0.5, 0.6) is 0 Å². The van der Waals surface area contributed by atoms with Gasteiger partial charge in [-0.25, -0.2) is 9.18 Å². The molecule has 0 atom stereocenters. The standard InChI is InChI=1S/C8H9FN2O2/c9-6-3-5(1-2-7(6)10)4-13-8(11)12/h1-3H,4,10H2,(H2,11,12). The molecule has 0 unspecified atom stereocenters. The summed E-state index contributed by atoms with van der Waals surface area (Å²) in [6.45, 7) is -0.0491. The molecule has 0 fully saturated rings. The summed E-state index contributed by atoms with van der Waals surface area (Å²) >= 11 is 0. The zero-order valence-electron chi connectivity index (χ0n) is 6.79. The number of primary amides is 1. The van der Waals surface area contributed by atoms with E-state index in [9.17, 15) is 9.18 Å². The van der Waals surface area contributed by atoms with Crippen molar-refractivity contribution in [2.45, 2.75) is 6.61 Å². The number of anilines is 1. The van der Waals surface area contributed by atoms with Gasteiger partial charge in [0.2, 0.25) is 0 Å². The van der Waals surface area contributed by atoms with E-state index in [1.165, 1.54) is 12.1 Å². The molecule has 4 N–H and O–H groups in total. The second kappa shape index (κ2) is 3.75. The molecule has 5 heteroatoms. The van der Waals surface area contributed by atoms with Crippen LogP contribution in [0.25, 0.3) is 0 Å². The van der Waals surface area contributed by atoms with Crippen molar-refractivity contribution in [3.63, 3.8) is 0 Å². The number of nitrogen functional groups attached to an aromatic ring is 1. The van der Waals surface area contributed by atoms with Gasteiger partial charge in [0.15, 0.2) is 0 Å². The average Bonchev–Trinajstić information content (AvgIpc) is 2.07. The summed E-state index contributed by atoms with van der Waals surface area (Å²) in [7, 11) is 0. The Morgan fingerprint density at radius 1 is 1.54 bits per heavy atom. The van der Waals surface area contributed by atoms with Crippen LogP contribution in [-0.2, 0) is 11.3 Å². The molecule has 0 saturated heterocycles. The van der Waals surface area contributed by atoms with Crippen molar-refractivity contribution in [1.82, 2.24) is 0 Å². The lowest BCUT2D eigenvalue weighted by Crippen LogP contribution is -2.12. The van der Waals surface area contributed by atoms with Gasteiger partial charge in [-0.15, -0.1) is 0 Å². The molecule has 0 bridgehead atoms. The van der Waals surface area contributed by atoms with Crippen molar-refractivity contribution < 1.29 is 13.9 Å². The quantitative estimate of drug-likeness (QED) is 0.673. The van der Waals surface area contributed by atoms with Gasteiger partial charge in [-0.1, -0.05) is 6.07 Å². The zero-order valence-corrected chi connectivity index (χ0v) is 6.79. The highest BCUT2D eigenvalue weighted by molar-refractivity contribution is 5.64. The number of carbonyl (C=O) groups excluding carboxylic acids is 1. The highest BCUT2D eigenvalue weighted by Crippen LogP contribution is 2.12. The number of halogens is 1. The molecule has 1 aromatic carbocycles. The first-order valence-electron chi connectivity index (χ1n) is 3.55. The van der Waals surface area contributed by atoms with E-state index in [1.807, 2.05) is 0 Å². The van der Waals surface area contributed by atoms with Crippen LogP contribution < -0.4 is 11.5 Å². The van der Waals surface area contributed by atoms with Crippen LogP contribution in [0.4, 0.5) is 14.9 Å². The zero-order chi connectivity index (χ0) is 9.84. The Balaban J connectivity index is 2.68. The first-order chi connectivity index (χ1) is 6.09. The number of carbonyl (C=O) groups is 1. The number of rotatable bonds is 2. The third-order valence-corrected chi connectivity index (χ3v) is 1.45. The van der Waals surface area contributed by atoms with E-state index in [0.717, 1.165) is 0 Å². The number of hydrogen-bond donors (Lipinski definition) is 2. The molecular formula is C8H9FN2O2. The minimum atomic E-state index is -0.891. The summed E-state index contributed by atoms with van der Waals surface area (Å²) in [6, 6.07) is 4.15. The highest BCUT2D eigenvalue weighted by Gasteiger charge is 2.01. The van der Waals surface area contributed by atoms with E-state index >= 15 is 0 Å². The van der Waals surface area contributed by atoms with E-state index in [1.54, 1.807) is 6.07 Å². The number of ether oxygens (including phenoxy) is 1. The van der Waals surface area contributed by atoms with Crippen LogP contribution in [0.15, 0.2) is 18.2 Å². The van der Waals surface area contributed by atoms with Crippen molar-refractivity contribution in [1.29, 1.82) is 0 Å². The Bertz CT molecular complexity index is 328. The van der Waals surface area contributed by atoms with E-state index < -0.39 is 11.9 Å². The molecule has 1 aromatic rings. The maximum Gasteiger partial charge on any atom is 0.404 e. The Kier molecular flexibility index (Phi) is 2.69. The van der Waals surface area contributed by atoms with Gasteiger partial charge >= 0.3 is 6.09 Å². The maximum atomic E-state index is 12.8. The van der Waals surface area contributed by atoms with Crippen molar-refractivity contribution in [2.75, 3.05) is 5.73 Å². The summed E-state index contributed by atoms with van der Waals surface area (Å²) in [6.07, 6.45) is -0.891. The predicted molar refractivity (Wildman–Crippen MR) is 45.2 cm³/mol. The minimum Gasteiger partial charge on any atom is -0.445 e. The molecule has 0 heterocycles.